The highest BCUT2D eigenvalue weighted by molar-refractivity contribution is 6.01. The molecule has 0 unspecified atom stereocenters. The van der Waals surface area contributed by atoms with Crippen molar-refractivity contribution in [1.29, 1.82) is 0 Å². The molecule has 0 spiro atoms. The van der Waals surface area contributed by atoms with Crippen molar-refractivity contribution in [2.24, 2.45) is 0 Å². The van der Waals surface area contributed by atoms with Crippen LogP contribution in [-0.4, -0.2) is 11.8 Å². The zero-order valence-corrected chi connectivity index (χ0v) is 17.8. The highest BCUT2D eigenvalue weighted by Gasteiger charge is 2.36. The highest BCUT2D eigenvalue weighted by Crippen LogP contribution is 2.44. The third kappa shape index (κ3) is 3.89. The maximum Gasteiger partial charge on any atom is 0.308 e. The summed E-state index contributed by atoms with van der Waals surface area (Å²) in [7, 11) is 0. The van der Waals surface area contributed by atoms with Crippen LogP contribution in [-0.2, 0) is 9.59 Å². The molecule has 1 aliphatic heterocycles. The molecular weight excluding hydrogens is 400 g/mol. The molecule has 0 bridgehead atoms. The lowest BCUT2D eigenvalue weighted by atomic mass is 9.78. The molecule has 0 fully saturated rings. The lowest BCUT2D eigenvalue weighted by Gasteiger charge is -2.30. The van der Waals surface area contributed by atoms with Crippen molar-refractivity contribution >= 4 is 23.1 Å². The monoisotopic (exact) mass is 424 g/mol. The molecule has 2 atom stereocenters. The Bertz CT molecular complexity index is 1200. The van der Waals surface area contributed by atoms with Crippen LogP contribution >= 0.6 is 0 Å². The topological polar surface area (TPSA) is 67.4 Å². The predicted molar refractivity (Wildman–Crippen MR) is 125 cm³/mol. The molecule has 160 valence electrons. The number of benzene rings is 3. The van der Waals surface area contributed by atoms with Gasteiger partial charge in [0.2, 0.25) is 0 Å². The second-order valence-electron chi connectivity index (χ2n) is 8.24. The number of rotatable bonds is 3. The maximum atomic E-state index is 13.5. The van der Waals surface area contributed by atoms with Gasteiger partial charge in [-0.05, 0) is 47.7 Å². The standard InChI is InChI=1S/C27H24N2O3/c1-17(30)32-21-13-11-19(12-14-21)27-26-24(28-22-9-5-6-10-23(22)29-27)15-20(16-25(26)31)18-7-3-2-4-8-18/h2-14,20,27-29H,15-16H2,1H3/t20-,27+/m0/s1. The van der Waals surface area contributed by atoms with Crippen LogP contribution in [0.5, 0.6) is 5.75 Å². The Labute approximate surface area is 187 Å². The number of carbonyl (C=O) groups excluding carboxylic acids is 2. The quantitative estimate of drug-likeness (QED) is 0.424. The molecular formula is C27H24N2O3. The number of Topliss-reactive ketones (excluding diaryl/α,β-unsaturated/α-hetero) is 1. The molecule has 0 radical (unpaired) electrons. The first-order valence-electron chi connectivity index (χ1n) is 10.8. The van der Waals surface area contributed by atoms with E-state index in [0.717, 1.165) is 34.6 Å². The minimum absolute atomic E-state index is 0.141. The number of esters is 1. The Morgan fingerprint density at radius 1 is 0.844 bits per heavy atom. The number of hydrogen-bond donors (Lipinski definition) is 2. The molecule has 32 heavy (non-hydrogen) atoms. The Hall–Kier alpha value is -3.86. The van der Waals surface area contributed by atoms with Crippen LogP contribution in [0.2, 0.25) is 0 Å². The smallest absolute Gasteiger partial charge is 0.308 e. The minimum Gasteiger partial charge on any atom is -0.427 e. The SMILES string of the molecule is CC(=O)Oc1ccc([C@H]2Nc3ccccc3NC3=C2C(=O)C[C@@H](c2ccccc2)C3)cc1. The van der Waals surface area contributed by atoms with E-state index in [1.54, 1.807) is 12.1 Å². The molecule has 0 saturated carbocycles. The lowest BCUT2D eigenvalue weighted by molar-refractivity contribution is -0.131. The fraction of sp³-hybridized carbons (Fsp3) is 0.185. The van der Waals surface area contributed by atoms with Crippen molar-refractivity contribution in [3.63, 3.8) is 0 Å². The number of ether oxygens (including phenoxy) is 1. The van der Waals surface area contributed by atoms with Crippen LogP contribution in [0.4, 0.5) is 11.4 Å². The maximum absolute atomic E-state index is 13.5. The van der Waals surface area contributed by atoms with Gasteiger partial charge in [-0.3, -0.25) is 9.59 Å². The summed E-state index contributed by atoms with van der Waals surface area (Å²) >= 11 is 0. The molecule has 5 heteroatoms. The average Bonchev–Trinajstić information content (AvgIpc) is 2.97. The zero-order chi connectivity index (χ0) is 22.1. The van der Waals surface area contributed by atoms with Gasteiger partial charge < -0.3 is 15.4 Å². The van der Waals surface area contributed by atoms with Crippen molar-refractivity contribution in [3.8, 4) is 5.75 Å². The Morgan fingerprint density at radius 3 is 2.25 bits per heavy atom. The summed E-state index contributed by atoms with van der Waals surface area (Å²) in [6.07, 6.45) is 1.24. The fourth-order valence-corrected chi connectivity index (χ4v) is 4.60. The number of hydrogen-bond acceptors (Lipinski definition) is 5. The first kappa shape index (κ1) is 20.1. The van der Waals surface area contributed by atoms with E-state index in [9.17, 15) is 9.59 Å². The summed E-state index contributed by atoms with van der Waals surface area (Å²) in [5.74, 6) is 0.416. The van der Waals surface area contributed by atoms with E-state index in [1.165, 1.54) is 12.5 Å². The second-order valence-corrected chi connectivity index (χ2v) is 8.24. The van der Waals surface area contributed by atoms with Crippen LogP contribution < -0.4 is 15.4 Å². The Kier molecular flexibility index (Phi) is 5.23. The van der Waals surface area contributed by atoms with Crippen LogP contribution in [0.15, 0.2) is 90.1 Å². The Balaban J connectivity index is 1.56. The van der Waals surface area contributed by atoms with E-state index in [4.69, 9.17) is 4.74 Å². The normalized spacial score (nSPS) is 19.7. The number of ketones is 1. The summed E-state index contributed by atoms with van der Waals surface area (Å²) in [6, 6.07) is 25.3. The largest absolute Gasteiger partial charge is 0.427 e. The molecule has 2 N–H and O–H groups in total. The van der Waals surface area contributed by atoms with Crippen molar-refractivity contribution in [2.45, 2.75) is 31.7 Å². The third-order valence-corrected chi connectivity index (χ3v) is 6.05. The fourth-order valence-electron chi connectivity index (χ4n) is 4.60. The van der Waals surface area contributed by atoms with Crippen molar-refractivity contribution in [1.82, 2.24) is 0 Å². The van der Waals surface area contributed by atoms with Gasteiger partial charge in [0, 0.05) is 24.6 Å². The van der Waals surface area contributed by atoms with Gasteiger partial charge in [0.15, 0.2) is 5.78 Å². The summed E-state index contributed by atoms with van der Waals surface area (Å²) in [5.41, 5.74) is 5.76. The summed E-state index contributed by atoms with van der Waals surface area (Å²) in [5, 5.41) is 7.13. The van der Waals surface area contributed by atoms with Crippen molar-refractivity contribution < 1.29 is 14.3 Å². The van der Waals surface area contributed by atoms with E-state index in [-0.39, 0.29) is 23.7 Å². The van der Waals surface area contributed by atoms with Gasteiger partial charge in [-0.1, -0.05) is 54.6 Å². The van der Waals surface area contributed by atoms with Crippen molar-refractivity contribution in [2.75, 3.05) is 10.6 Å². The van der Waals surface area contributed by atoms with E-state index in [1.807, 2.05) is 54.6 Å². The molecule has 5 nitrogen and oxygen atoms in total. The van der Waals surface area contributed by atoms with E-state index >= 15 is 0 Å². The van der Waals surface area contributed by atoms with Gasteiger partial charge in [0.05, 0.1) is 17.4 Å². The van der Waals surface area contributed by atoms with Gasteiger partial charge in [0.25, 0.3) is 0 Å². The van der Waals surface area contributed by atoms with E-state index < -0.39 is 0 Å². The molecule has 5 rings (SSSR count). The summed E-state index contributed by atoms with van der Waals surface area (Å²) < 4.78 is 5.18. The molecule has 0 amide bonds. The number of nitrogens with one attached hydrogen (secondary N) is 2. The number of allylic oxidation sites excluding steroid dienone is 1. The lowest BCUT2D eigenvalue weighted by Crippen LogP contribution is -2.26. The number of anilines is 2. The second kappa shape index (κ2) is 8.35. The molecule has 1 aliphatic carbocycles. The highest BCUT2D eigenvalue weighted by atomic mass is 16.5. The molecule has 3 aromatic rings. The summed E-state index contributed by atoms with van der Waals surface area (Å²) in [4.78, 5) is 24.8. The number of carbonyl (C=O) groups is 2. The molecule has 2 aliphatic rings. The first-order chi connectivity index (χ1) is 15.6. The minimum atomic E-state index is -0.358. The van der Waals surface area contributed by atoms with Crippen molar-refractivity contribution in [3.05, 3.63) is 101 Å². The predicted octanol–water partition coefficient (Wildman–Crippen LogP) is 5.59. The van der Waals surface area contributed by atoms with Crippen LogP contribution in [0.3, 0.4) is 0 Å². The van der Waals surface area contributed by atoms with Gasteiger partial charge in [-0.25, -0.2) is 0 Å². The van der Waals surface area contributed by atoms with E-state index in [0.29, 0.717) is 12.2 Å². The summed E-state index contributed by atoms with van der Waals surface area (Å²) in [6.45, 7) is 1.38. The number of para-hydroxylation sites is 2. The van der Waals surface area contributed by atoms with Crippen LogP contribution in [0.25, 0.3) is 0 Å². The van der Waals surface area contributed by atoms with Gasteiger partial charge >= 0.3 is 5.97 Å². The molecule has 0 aromatic heterocycles. The van der Waals surface area contributed by atoms with E-state index in [2.05, 4.69) is 22.8 Å². The third-order valence-electron chi connectivity index (χ3n) is 6.05. The average molecular weight is 425 g/mol. The molecule has 1 heterocycles. The van der Waals surface area contributed by atoms with Crippen LogP contribution in [0.1, 0.15) is 42.9 Å². The van der Waals surface area contributed by atoms with Gasteiger partial charge in [-0.2, -0.15) is 0 Å². The number of fused-ring (bicyclic) bond motifs is 1. The first-order valence-corrected chi connectivity index (χ1v) is 10.8. The molecule has 0 saturated heterocycles. The molecule has 3 aromatic carbocycles. The van der Waals surface area contributed by atoms with Crippen LogP contribution in [0, 0.1) is 0 Å². The zero-order valence-electron chi connectivity index (χ0n) is 17.8. The van der Waals surface area contributed by atoms with Gasteiger partial charge in [0.1, 0.15) is 5.75 Å². The van der Waals surface area contributed by atoms with Gasteiger partial charge in [-0.15, -0.1) is 0 Å². The Morgan fingerprint density at radius 2 is 1.53 bits per heavy atom.